The molecule has 0 unspecified atom stereocenters. The molecule has 2 heterocycles. The first-order valence-corrected chi connectivity index (χ1v) is 5.53. The zero-order valence-electron chi connectivity index (χ0n) is 8.95. The number of nitrogens with zero attached hydrogens (tertiary/aromatic N) is 2. The Morgan fingerprint density at radius 2 is 1.50 bits per heavy atom. The van der Waals surface area contributed by atoms with Crippen molar-refractivity contribution in [1.29, 1.82) is 0 Å². The molecule has 16 heavy (non-hydrogen) atoms. The van der Waals surface area contributed by atoms with Gasteiger partial charge in [0.1, 0.15) is 0 Å². The molecule has 1 aromatic carbocycles. The smallest absolute Gasteiger partial charge is 0.0613 e. The summed E-state index contributed by atoms with van der Waals surface area (Å²) in [4.78, 5) is 8.78. The van der Waals surface area contributed by atoms with Crippen LogP contribution in [0.15, 0.2) is 28.2 Å². The van der Waals surface area contributed by atoms with Crippen molar-refractivity contribution >= 4 is 11.7 Å². The molecule has 0 saturated carbocycles. The largest absolute Gasteiger partial charge is 0.399 e. The number of amidine groups is 2. The highest BCUT2D eigenvalue weighted by atomic mass is 15.1. The van der Waals surface area contributed by atoms with Gasteiger partial charge >= 0.3 is 0 Å². The molecule has 0 radical (unpaired) electrons. The normalized spacial score (nSPS) is 18.8. The van der Waals surface area contributed by atoms with Crippen LogP contribution in [0.1, 0.15) is 11.1 Å². The van der Waals surface area contributed by atoms with E-state index in [4.69, 9.17) is 0 Å². The quantitative estimate of drug-likeness (QED) is 0.689. The van der Waals surface area contributed by atoms with Crippen LogP contribution in [0.25, 0.3) is 0 Å². The highest BCUT2D eigenvalue weighted by Gasteiger charge is 2.05. The van der Waals surface area contributed by atoms with Crippen LogP contribution in [0.3, 0.4) is 0 Å². The summed E-state index contributed by atoms with van der Waals surface area (Å²) in [6.45, 7) is 3.55. The molecular formula is C12H13N4-. The molecule has 0 spiro atoms. The third-order valence-corrected chi connectivity index (χ3v) is 2.65. The van der Waals surface area contributed by atoms with Crippen molar-refractivity contribution in [1.82, 2.24) is 10.6 Å². The van der Waals surface area contributed by atoms with Gasteiger partial charge in [-0.2, -0.15) is 0 Å². The summed E-state index contributed by atoms with van der Waals surface area (Å²) in [5.74, 6) is 1.89. The van der Waals surface area contributed by atoms with Crippen molar-refractivity contribution < 1.29 is 0 Å². The molecule has 2 N–H and O–H groups in total. The summed E-state index contributed by atoms with van der Waals surface area (Å²) >= 11 is 0. The molecule has 2 aliphatic heterocycles. The second-order valence-electron chi connectivity index (χ2n) is 3.79. The molecule has 0 bridgehead atoms. The van der Waals surface area contributed by atoms with Gasteiger partial charge in [0.15, 0.2) is 0 Å². The van der Waals surface area contributed by atoms with E-state index in [1.54, 1.807) is 0 Å². The summed E-state index contributed by atoms with van der Waals surface area (Å²) in [5.41, 5.74) is 2.04. The minimum absolute atomic E-state index is 0.854. The SMILES string of the molecule is [c-]1c(C2=NCCN2)cccc1C1=NCCN1. The summed E-state index contributed by atoms with van der Waals surface area (Å²) in [6, 6.07) is 9.41. The van der Waals surface area contributed by atoms with Crippen molar-refractivity contribution in [3.63, 3.8) is 0 Å². The van der Waals surface area contributed by atoms with Gasteiger partial charge in [0.05, 0.1) is 11.7 Å². The lowest BCUT2D eigenvalue weighted by Crippen LogP contribution is -2.22. The summed E-state index contributed by atoms with van der Waals surface area (Å²) < 4.78 is 0. The van der Waals surface area contributed by atoms with Crippen LogP contribution in [0.5, 0.6) is 0 Å². The molecular weight excluding hydrogens is 200 g/mol. The fourth-order valence-corrected chi connectivity index (χ4v) is 1.90. The predicted octanol–water partition coefficient (Wildman–Crippen LogP) is 0.186. The van der Waals surface area contributed by atoms with E-state index in [9.17, 15) is 0 Å². The van der Waals surface area contributed by atoms with Crippen LogP contribution in [0, 0.1) is 6.07 Å². The molecule has 3 rings (SSSR count). The standard InChI is InChI=1S/C12H13N4/c1-2-9(11-13-4-5-14-11)8-10(3-1)12-15-6-7-16-12/h1-3H,4-7H2,(H,13,14)(H,15,16)/q-1. The first-order valence-electron chi connectivity index (χ1n) is 5.53. The number of hydrogen-bond donors (Lipinski definition) is 2. The van der Waals surface area contributed by atoms with Gasteiger partial charge in [0.25, 0.3) is 0 Å². The zero-order chi connectivity index (χ0) is 10.8. The topological polar surface area (TPSA) is 48.8 Å². The van der Waals surface area contributed by atoms with Crippen molar-refractivity contribution in [2.24, 2.45) is 9.98 Å². The molecule has 0 aromatic heterocycles. The van der Waals surface area contributed by atoms with Crippen LogP contribution in [-0.2, 0) is 0 Å². The lowest BCUT2D eigenvalue weighted by Gasteiger charge is -2.13. The summed E-state index contributed by atoms with van der Waals surface area (Å²) in [6.07, 6.45) is 0. The van der Waals surface area contributed by atoms with Gasteiger partial charge < -0.3 is 20.6 Å². The number of nitrogens with one attached hydrogen (secondary N) is 2. The average Bonchev–Trinajstić information content (AvgIpc) is 3.03. The minimum atomic E-state index is 0.854. The molecule has 2 aliphatic rings. The third-order valence-electron chi connectivity index (χ3n) is 2.65. The maximum absolute atomic E-state index is 4.39. The third kappa shape index (κ3) is 1.66. The van der Waals surface area contributed by atoms with Crippen LogP contribution >= 0.6 is 0 Å². The Bertz CT molecular complexity index is 423. The van der Waals surface area contributed by atoms with Gasteiger partial charge in [-0.25, -0.2) is 0 Å². The van der Waals surface area contributed by atoms with Crippen molar-refractivity contribution in [2.75, 3.05) is 26.2 Å². The molecule has 1 aromatic rings. The van der Waals surface area contributed by atoms with Gasteiger partial charge in [-0.3, -0.25) is 0 Å². The first kappa shape index (κ1) is 9.39. The molecule has 0 saturated heterocycles. The van der Waals surface area contributed by atoms with Crippen LogP contribution in [-0.4, -0.2) is 37.9 Å². The maximum Gasteiger partial charge on any atom is 0.0613 e. The Hall–Kier alpha value is -1.84. The van der Waals surface area contributed by atoms with E-state index in [-0.39, 0.29) is 0 Å². The van der Waals surface area contributed by atoms with Crippen LogP contribution in [0.2, 0.25) is 0 Å². The molecule has 0 amide bonds. The highest BCUT2D eigenvalue weighted by molar-refractivity contribution is 6.04. The fraction of sp³-hybridized carbons (Fsp3) is 0.333. The van der Waals surface area contributed by atoms with E-state index >= 15 is 0 Å². The Kier molecular flexibility index (Phi) is 2.33. The van der Waals surface area contributed by atoms with Gasteiger partial charge in [-0.05, 0) is 0 Å². The fourth-order valence-electron chi connectivity index (χ4n) is 1.90. The van der Waals surface area contributed by atoms with E-state index in [0.29, 0.717) is 0 Å². The zero-order valence-corrected chi connectivity index (χ0v) is 8.95. The summed E-state index contributed by atoms with van der Waals surface area (Å²) in [7, 11) is 0. The Morgan fingerprint density at radius 3 is 1.94 bits per heavy atom. The van der Waals surface area contributed by atoms with Gasteiger partial charge in [0.2, 0.25) is 0 Å². The van der Waals surface area contributed by atoms with Crippen LogP contribution in [0.4, 0.5) is 0 Å². The lowest BCUT2D eigenvalue weighted by atomic mass is 10.1. The second-order valence-corrected chi connectivity index (χ2v) is 3.79. The Labute approximate surface area is 94.5 Å². The van der Waals surface area contributed by atoms with E-state index in [1.165, 1.54) is 0 Å². The maximum atomic E-state index is 4.39. The molecule has 82 valence electrons. The lowest BCUT2D eigenvalue weighted by molar-refractivity contribution is 0.959. The van der Waals surface area contributed by atoms with Crippen molar-refractivity contribution in [3.05, 3.63) is 35.4 Å². The summed E-state index contributed by atoms with van der Waals surface area (Å²) in [5, 5.41) is 6.50. The number of benzene rings is 1. The molecule has 0 fully saturated rings. The molecule has 0 aliphatic carbocycles. The number of rotatable bonds is 2. The number of aliphatic imine (C=N–C) groups is 2. The Balaban J connectivity index is 1.93. The van der Waals surface area contributed by atoms with E-state index < -0.39 is 0 Å². The molecule has 0 atom stereocenters. The minimum Gasteiger partial charge on any atom is -0.399 e. The molecule has 4 heteroatoms. The Morgan fingerprint density at radius 1 is 0.938 bits per heavy atom. The second kappa shape index (κ2) is 3.96. The first-order chi connectivity index (χ1) is 7.93. The van der Waals surface area contributed by atoms with Gasteiger partial charge in [-0.15, -0.1) is 24.3 Å². The molecule has 4 nitrogen and oxygen atoms in total. The van der Waals surface area contributed by atoms with E-state index in [2.05, 4.69) is 26.7 Å². The van der Waals surface area contributed by atoms with Crippen molar-refractivity contribution in [2.45, 2.75) is 0 Å². The van der Waals surface area contributed by atoms with Crippen LogP contribution < -0.4 is 10.6 Å². The highest BCUT2D eigenvalue weighted by Crippen LogP contribution is 2.08. The monoisotopic (exact) mass is 213 g/mol. The predicted molar refractivity (Wildman–Crippen MR) is 64.1 cm³/mol. The van der Waals surface area contributed by atoms with E-state index in [1.807, 2.05) is 18.2 Å². The van der Waals surface area contributed by atoms with Gasteiger partial charge in [0, 0.05) is 26.2 Å². The number of hydrogen-bond acceptors (Lipinski definition) is 4. The average molecular weight is 213 g/mol. The van der Waals surface area contributed by atoms with E-state index in [0.717, 1.165) is 49.0 Å². The van der Waals surface area contributed by atoms with Gasteiger partial charge in [-0.1, -0.05) is 11.1 Å². The van der Waals surface area contributed by atoms with Crippen molar-refractivity contribution in [3.8, 4) is 0 Å².